The number of hydrogen-bond acceptors (Lipinski definition) is 5. The lowest BCUT2D eigenvalue weighted by Crippen LogP contribution is -2.35. The van der Waals surface area contributed by atoms with Crippen molar-refractivity contribution in [2.75, 3.05) is 19.5 Å². The lowest BCUT2D eigenvalue weighted by atomic mass is 9.81. The van der Waals surface area contributed by atoms with Crippen LogP contribution in [0.25, 0.3) is 0 Å². The molecule has 0 amide bonds. The summed E-state index contributed by atoms with van der Waals surface area (Å²) in [6.45, 7) is 5.23. The van der Waals surface area contributed by atoms with Gasteiger partial charge in [-0.25, -0.2) is 9.59 Å². The van der Waals surface area contributed by atoms with E-state index >= 15 is 0 Å². The molecule has 1 aromatic rings. The Morgan fingerprint density at radius 1 is 1.25 bits per heavy atom. The molecule has 0 aromatic heterocycles. The van der Waals surface area contributed by atoms with Crippen LogP contribution in [-0.4, -0.2) is 47.6 Å². The quantitative estimate of drug-likeness (QED) is 0.520. The van der Waals surface area contributed by atoms with E-state index < -0.39 is 24.0 Å². The zero-order valence-corrected chi connectivity index (χ0v) is 17.7. The molecule has 0 saturated heterocycles. The van der Waals surface area contributed by atoms with Crippen LogP contribution in [0.15, 0.2) is 47.0 Å². The van der Waals surface area contributed by atoms with Gasteiger partial charge in [0.05, 0.1) is 23.5 Å². The van der Waals surface area contributed by atoms with Crippen molar-refractivity contribution in [3.63, 3.8) is 0 Å². The molecule has 28 heavy (non-hydrogen) atoms. The lowest BCUT2D eigenvalue weighted by Gasteiger charge is -2.36. The summed E-state index contributed by atoms with van der Waals surface area (Å²) in [5.74, 6) is -2.35. The number of esters is 1. The maximum Gasteiger partial charge on any atom is 0.340 e. The Morgan fingerprint density at radius 3 is 2.43 bits per heavy atom. The third-order valence-electron chi connectivity index (χ3n) is 4.33. The van der Waals surface area contributed by atoms with Crippen LogP contribution in [0.4, 0.5) is 0 Å². The minimum Gasteiger partial charge on any atom is -0.478 e. The molecule has 1 atom stereocenters. The number of aliphatic carboxylic acids is 1. The summed E-state index contributed by atoms with van der Waals surface area (Å²) < 4.78 is 11.2. The van der Waals surface area contributed by atoms with E-state index in [1.54, 1.807) is 52.1 Å². The molecule has 1 aromatic carbocycles. The van der Waals surface area contributed by atoms with E-state index in [2.05, 4.69) is 0 Å². The molecule has 1 unspecified atom stereocenters. The average molecular weight is 428 g/mol. The van der Waals surface area contributed by atoms with E-state index in [-0.39, 0.29) is 29.5 Å². The lowest BCUT2D eigenvalue weighted by molar-refractivity contribution is -0.143. The maximum atomic E-state index is 13.0. The number of carbonyl (C=O) groups is 2. The van der Waals surface area contributed by atoms with Crippen LogP contribution < -0.4 is 0 Å². The normalized spacial score (nSPS) is 17.2. The Morgan fingerprint density at radius 2 is 1.89 bits per heavy atom. The predicted molar refractivity (Wildman–Crippen MR) is 107 cm³/mol. The number of carbonyl (C=O) groups excluding carboxylic acids is 1. The van der Waals surface area contributed by atoms with Gasteiger partial charge in [-0.15, -0.1) is 11.6 Å². The van der Waals surface area contributed by atoms with Crippen molar-refractivity contribution in [2.45, 2.75) is 32.8 Å². The van der Waals surface area contributed by atoms with Crippen molar-refractivity contribution < 1.29 is 24.2 Å². The number of halogens is 2. The minimum absolute atomic E-state index is 0.0320. The molecule has 1 heterocycles. The molecule has 0 spiro atoms. The second-order valence-corrected chi connectivity index (χ2v) is 7.31. The third-order valence-corrected chi connectivity index (χ3v) is 4.83. The first-order valence-corrected chi connectivity index (χ1v) is 9.68. The summed E-state index contributed by atoms with van der Waals surface area (Å²) in [5.41, 5.74) is 1.03. The van der Waals surface area contributed by atoms with E-state index in [9.17, 15) is 14.7 Å². The number of rotatable bonds is 7. The summed E-state index contributed by atoms with van der Waals surface area (Å²) >= 11 is 12.1. The molecule has 0 saturated carbocycles. The molecule has 152 valence electrons. The number of carboxylic acids is 1. The van der Waals surface area contributed by atoms with E-state index in [4.69, 9.17) is 32.7 Å². The molecule has 1 N–H and O–H groups in total. The third kappa shape index (κ3) is 4.45. The fourth-order valence-electron chi connectivity index (χ4n) is 3.08. The van der Waals surface area contributed by atoms with Gasteiger partial charge in [0.2, 0.25) is 5.88 Å². The number of alkyl halides is 1. The van der Waals surface area contributed by atoms with Gasteiger partial charge < -0.3 is 19.5 Å². The van der Waals surface area contributed by atoms with E-state index in [1.165, 1.54) is 4.90 Å². The van der Waals surface area contributed by atoms with Gasteiger partial charge in [0.25, 0.3) is 0 Å². The van der Waals surface area contributed by atoms with Crippen molar-refractivity contribution in [1.82, 2.24) is 4.90 Å². The zero-order chi connectivity index (χ0) is 21.0. The Bertz CT molecular complexity index is 832. The topological polar surface area (TPSA) is 76.1 Å². The van der Waals surface area contributed by atoms with Gasteiger partial charge >= 0.3 is 11.9 Å². The number of hydrogen-bond donors (Lipinski definition) is 1. The summed E-state index contributed by atoms with van der Waals surface area (Å²) in [7, 11) is 1.63. The average Bonchev–Trinajstić information content (AvgIpc) is 2.62. The first-order valence-electron chi connectivity index (χ1n) is 8.76. The van der Waals surface area contributed by atoms with Crippen molar-refractivity contribution in [3.05, 3.63) is 57.6 Å². The standard InChI is InChI=1S/C20H23Cl2NO5/c1-11(2)28-20(26)17-16(13-7-5-6-8-14(13)22)15(19(24)25)12(3)23(4)18(17)27-10-9-21/h5-8,11,16H,9-10H2,1-4H3,(H,24,25). The SMILES string of the molecule is CC1=C(C(=O)O)C(c2ccccc2Cl)C(C(=O)OC(C)C)=C(OCCCl)N1C. The van der Waals surface area contributed by atoms with Gasteiger partial charge in [-0.3, -0.25) is 0 Å². The Kier molecular flexibility index (Phi) is 7.38. The number of ether oxygens (including phenoxy) is 2. The van der Waals surface area contributed by atoms with Crippen molar-refractivity contribution in [1.29, 1.82) is 0 Å². The van der Waals surface area contributed by atoms with Gasteiger partial charge in [0.1, 0.15) is 12.2 Å². The van der Waals surface area contributed by atoms with Crippen LogP contribution in [0.5, 0.6) is 0 Å². The van der Waals surface area contributed by atoms with Gasteiger partial charge in [-0.2, -0.15) is 0 Å². The van der Waals surface area contributed by atoms with Crippen molar-refractivity contribution >= 4 is 35.1 Å². The summed E-state index contributed by atoms with van der Waals surface area (Å²) in [6, 6.07) is 6.81. The number of allylic oxidation sites excluding steroid dienone is 1. The van der Waals surface area contributed by atoms with Gasteiger partial charge in [0, 0.05) is 17.8 Å². The second kappa shape index (κ2) is 9.34. The van der Waals surface area contributed by atoms with Crippen LogP contribution in [-0.2, 0) is 19.1 Å². The minimum atomic E-state index is -1.15. The highest BCUT2D eigenvalue weighted by Crippen LogP contribution is 2.44. The molecule has 0 aliphatic carbocycles. The molecule has 8 heteroatoms. The predicted octanol–water partition coefficient (Wildman–Crippen LogP) is 4.15. The Balaban J connectivity index is 2.79. The molecular formula is C20H23Cl2NO5. The van der Waals surface area contributed by atoms with Gasteiger partial charge in [-0.1, -0.05) is 29.8 Å². The Hall–Kier alpha value is -2.18. The summed E-state index contributed by atoms with van der Waals surface area (Å²) in [6.07, 6.45) is -0.397. The monoisotopic (exact) mass is 427 g/mol. The number of benzene rings is 1. The molecule has 0 radical (unpaired) electrons. The smallest absolute Gasteiger partial charge is 0.340 e. The van der Waals surface area contributed by atoms with Crippen molar-refractivity contribution in [3.8, 4) is 0 Å². The van der Waals surface area contributed by atoms with E-state index in [0.29, 0.717) is 16.3 Å². The summed E-state index contributed by atoms with van der Waals surface area (Å²) in [5, 5.41) is 10.3. The summed E-state index contributed by atoms with van der Waals surface area (Å²) in [4.78, 5) is 26.7. The second-order valence-electron chi connectivity index (χ2n) is 6.53. The van der Waals surface area contributed by atoms with Gasteiger partial charge in [-0.05, 0) is 32.4 Å². The van der Waals surface area contributed by atoms with E-state index in [1.807, 2.05) is 0 Å². The van der Waals surface area contributed by atoms with Crippen LogP contribution in [0.2, 0.25) is 5.02 Å². The highest BCUT2D eigenvalue weighted by atomic mass is 35.5. The zero-order valence-electron chi connectivity index (χ0n) is 16.2. The molecule has 1 aliphatic rings. The van der Waals surface area contributed by atoms with Crippen LogP contribution >= 0.6 is 23.2 Å². The highest BCUT2D eigenvalue weighted by Gasteiger charge is 2.42. The largest absolute Gasteiger partial charge is 0.478 e. The first kappa shape index (κ1) is 22.1. The van der Waals surface area contributed by atoms with Gasteiger partial charge in [0.15, 0.2) is 0 Å². The number of carboxylic acid groups (broad SMARTS) is 1. The first-order chi connectivity index (χ1) is 13.2. The fraction of sp³-hybridized carbons (Fsp3) is 0.400. The fourth-order valence-corrected chi connectivity index (χ4v) is 3.40. The van der Waals surface area contributed by atoms with E-state index in [0.717, 1.165) is 0 Å². The maximum absolute atomic E-state index is 13.0. The molecule has 0 fully saturated rings. The molecule has 1 aliphatic heterocycles. The molecular weight excluding hydrogens is 405 g/mol. The molecule has 6 nitrogen and oxygen atoms in total. The van der Waals surface area contributed by atoms with Crippen LogP contribution in [0.3, 0.4) is 0 Å². The Labute approximate surface area is 174 Å². The van der Waals surface area contributed by atoms with Crippen LogP contribution in [0.1, 0.15) is 32.3 Å². The highest BCUT2D eigenvalue weighted by molar-refractivity contribution is 6.31. The number of nitrogens with zero attached hydrogens (tertiary/aromatic N) is 1. The van der Waals surface area contributed by atoms with Crippen molar-refractivity contribution in [2.24, 2.45) is 0 Å². The van der Waals surface area contributed by atoms with Crippen LogP contribution in [0, 0.1) is 0 Å². The molecule has 2 rings (SSSR count). The molecule has 0 bridgehead atoms.